The van der Waals surface area contributed by atoms with Crippen molar-refractivity contribution in [2.75, 3.05) is 32.6 Å². The molecule has 0 aliphatic carbocycles. The zero-order valence-electron chi connectivity index (χ0n) is 11.0. The van der Waals surface area contributed by atoms with Crippen LogP contribution in [-0.2, 0) is 4.74 Å². The van der Waals surface area contributed by atoms with Crippen LogP contribution >= 0.6 is 24.0 Å². The van der Waals surface area contributed by atoms with Crippen LogP contribution in [0, 0.1) is 0 Å². The van der Waals surface area contributed by atoms with E-state index in [-0.39, 0.29) is 0 Å². The minimum atomic E-state index is 0.772. The summed E-state index contributed by atoms with van der Waals surface area (Å²) < 4.78 is 6.22. The van der Waals surface area contributed by atoms with Crippen molar-refractivity contribution in [1.29, 1.82) is 0 Å². The van der Waals surface area contributed by atoms with Gasteiger partial charge in [0.05, 0.1) is 17.4 Å². The first-order chi connectivity index (χ1) is 9.31. The van der Waals surface area contributed by atoms with Crippen molar-refractivity contribution >= 4 is 33.7 Å². The van der Waals surface area contributed by atoms with Crippen LogP contribution in [0.25, 0.3) is 5.57 Å². The number of thiocarbonyl (C=S) groups is 1. The molecule has 1 N–H and O–H groups in total. The molecule has 0 spiro atoms. The molecule has 1 fully saturated rings. The molecule has 1 aliphatic heterocycles. The van der Waals surface area contributed by atoms with Crippen molar-refractivity contribution in [3.63, 3.8) is 0 Å². The second-order valence-corrected chi connectivity index (χ2v) is 5.63. The Hall–Kier alpha value is -0.880. The van der Waals surface area contributed by atoms with E-state index in [2.05, 4.69) is 22.6 Å². The highest BCUT2D eigenvalue weighted by Crippen LogP contribution is 2.21. The molecule has 0 unspecified atom stereocenters. The van der Waals surface area contributed by atoms with Gasteiger partial charge in [-0.15, -0.1) is 11.8 Å². The summed E-state index contributed by atoms with van der Waals surface area (Å²) in [5, 5.41) is 2.15. The fourth-order valence-corrected chi connectivity index (χ4v) is 2.41. The van der Waals surface area contributed by atoms with Crippen LogP contribution in [0.3, 0.4) is 0 Å². The normalized spacial score (nSPS) is 17.2. The van der Waals surface area contributed by atoms with Crippen LogP contribution in [0.15, 0.2) is 36.5 Å². The van der Waals surface area contributed by atoms with Crippen molar-refractivity contribution in [3.05, 3.63) is 42.1 Å². The van der Waals surface area contributed by atoms with E-state index in [0.717, 1.165) is 41.6 Å². The summed E-state index contributed by atoms with van der Waals surface area (Å²) in [6.45, 7) is 3.33. The molecule has 5 heteroatoms. The summed E-state index contributed by atoms with van der Waals surface area (Å²) in [6.07, 6.45) is 4.01. The fourth-order valence-electron chi connectivity index (χ4n) is 1.84. The van der Waals surface area contributed by atoms with E-state index < -0.39 is 0 Å². The lowest BCUT2D eigenvalue weighted by Gasteiger charge is -2.26. The number of hydrogen-bond donors (Lipinski definition) is 1. The second kappa shape index (κ2) is 7.65. The van der Waals surface area contributed by atoms with Crippen LogP contribution in [-0.4, -0.2) is 41.8 Å². The Bertz CT molecular complexity index is 442. The molecule has 1 heterocycles. The van der Waals surface area contributed by atoms with Gasteiger partial charge in [0.1, 0.15) is 0 Å². The SMILES string of the molecule is CSC(=S)/C(=C/NN1CCOCC1)c1ccccc1. The number of thioether (sulfide) groups is 1. The van der Waals surface area contributed by atoms with Crippen LogP contribution in [0.1, 0.15) is 5.56 Å². The molecule has 0 aromatic heterocycles. The smallest absolute Gasteiger partial charge is 0.0796 e. The van der Waals surface area contributed by atoms with E-state index in [4.69, 9.17) is 17.0 Å². The molecule has 19 heavy (non-hydrogen) atoms. The number of nitrogens with one attached hydrogen (secondary N) is 1. The molecule has 1 aromatic carbocycles. The van der Waals surface area contributed by atoms with E-state index in [9.17, 15) is 0 Å². The summed E-state index contributed by atoms with van der Waals surface area (Å²) in [5.74, 6) is 0. The number of rotatable bonds is 4. The molecule has 2 rings (SSSR count). The van der Waals surface area contributed by atoms with Gasteiger partial charge in [0.2, 0.25) is 0 Å². The summed E-state index contributed by atoms with van der Waals surface area (Å²) in [7, 11) is 0. The highest BCUT2D eigenvalue weighted by molar-refractivity contribution is 8.24. The number of hydrogen-bond acceptors (Lipinski definition) is 5. The Morgan fingerprint density at radius 1 is 1.32 bits per heavy atom. The predicted molar refractivity (Wildman–Crippen MR) is 86.1 cm³/mol. The Morgan fingerprint density at radius 2 is 2.00 bits per heavy atom. The molecule has 0 radical (unpaired) electrons. The van der Waals surface area contributed by atoms with Gasteiger partial charge in [-0.2, -0.15) is 0 Å². The minimum Gasteiger partial charge on any atom is -0.379 e. The van der Waals surface area contributed by atoms with Gasteiger partial charge in [-0.25, -0.2) is 5.01 Å². The maximum Gasteiger partial charge on any atom is 0.0796 e. The lowest BCUT2D eigenvalue weighted by Crippen LogP contribution is -2.43. The predicted octanol–water partition coefficient (Wildman–Crippen LogP) is 2.55. The molecule has 1 aliphatic rings. The van der Waals surface area contributed by atoms with E-state index in [1.165, 1.54) is 0 Å². The molecular weight excluding hydrogens is 276 g/mol. The first kappa shape index (κ1) is 14.5. The third-order valence-electron chi connectivity index (χ3n) is 2.89. The average Bonchev–Trinajstić information content (AvgIpc) is 2.49. The van der Waals surface area contributed by atoms with Crippen LogP contribution < -0.4 is 5.43 Å². The number of ether oxygens (including phenoxy) is 1. The van der Waals surface area contributed by atoms with Gasteiger partial charge in [-0.1, -0.05) is 42.5 Å². The Labute approximate surface area is 124 Å². The number of benzene rings is 1. The second-order valence-electron chi connectivity index (χ2n) is 4.14. The fraction of sp³-hybridized carbons (Fsp3) is 0.357. The maximum absolute atomic E-state index is 5.44. The van der Waals surface area contributed by atoms with Crippen molar-refractivity contribution in [3.8, 4) is 0 Å². The number of hydrazine groups is 1. The molecule has 1 saturated heterocycles. The monoisotopic (exact) mass is 294 g/mol. The van der Waals surface area contributed by atoms with Crippen molar-refractivity contribution in [1.82, 2.24) is 10.4 Å². The molecule has 0 amide bonds. The minimum absolute atomic E-state index is 0.772. The molecule has 0 atom stereocenters. The van der Waals surface area contributed by atoms with Gasteiger partial charge in [0.15, 0.2) is 0 Å². The van der Waals surface area contributed by atoms with Crippen molar-refractivity contribution in [2.45, 2.75) is 0 Å². The zero-order chi connectivity index (χ0) is 13.5. The lowest BCUT2D eigenvalue weighted by molar-refractivity contribution is 0.0211. The van der Waals surface area contributed by atoms with Crippen LogP contribution in [0.5, 0.6) is 0 Å². The standard InChI is InChI=1S/C14H18N2OS2/c1-19-14(18)13(12-5-3-2-4-6-12)11-15-16-7-9-17-10-8-16/h2-6,11,15H,7-10H2,1H3/b13-11+. The number of morpholine rings is 1. The number of nitrogens with zero attached hydrogens (tertiary/aromatic N) is 1. The lowest BCUT2D eigenvalue weighted by atomic mass is 10.1. The Morgan fingerprint density at radius 3 is 2.63 bits per heavy atom. The molecule has 3 nitrogen and oxygen atoms in total. The largest absolute Gasteiger partial charge is 0.379 e. The first-order valence-corrected chi connectivity index (χ1v) is 7.87. The molecule has 1 aromatic rings. The Balaban J connectivity index is 2.11. The van der Waals surface area contributed by atoms with E-state index >= 15 is 0 Å². The van der Waals surface area contributed by atoms with Gasteiger partial charge < -0.3 is 10.2 Å². The van der Waals surface area contributed by atoms with Crippen LogP contribution in [0.4, 0.5) is 0 Å². The van der Waals surface area contributed by atoms with Gasteiger partial charge >= 0.3 is 0 Å². The molecule has 0 saturated carbocycles. The molecular formula is C14H18N2OS2. The summed E-state index contributed by atoms with van der Waals surface area (Å²) in [6, 6.07) is 10.2. The van der Waals surface area contributed by atoms with Crippen molar-refractivity contribution < 1.29 is 4.74 Å². The van der Waals surface area contributed by atoms with E-state index in [1.807, 2.05) is 30.7 Å². The molecule has 102 valence electrons. The van der Waals surface area contributed by atoms with Gasteiger partial charge in [-0.3, -0.25) is 0 Å². The zero-order valence-corrected chi connectivity index (χ0v) is 12.6. The van der Waals surface area contributed by atoms with Crippen molar-refractivity contribution in [2.24, 2.45) is 0 Å². The maximum atomic E-state index is 5.44. The average molecular weight is 294 g/mol. The quantitative estimate of drug-likeness (QED) is 0.679. The summed E-state index contributed by atoms with van der Waals surface area (Å²) in [4.78, 5) is 0. The third-order valence-corrected chi connectivity index (χ3v) is 4.20. The van der Waals surface area contributed by atoms with E-state index in [1.54, 1.807) is 11.8 Å². The van der Waals surface area contributed by atoms with Crippen LogP contribution in [0.2, 0.25) is 0 Å². The highest BCUT2D eigenvalue weighted by atomic mass is 32.2. The van der Waals surface area contributed by atoms with E-state index in [0.29, 0.717) is 0 Å². The van der Waals surface area contributed by atoms with Gasteiger partial charge in [0.25, 0.3) is 0 Å². The van der Waals surface area contributed by atoms with Gasteiger partial charge in [0, 0.05) is 24.9 Å². The molecule has 0 bridgehead atoms. The topological polar surface area (TPSA) is 24.5 Å². The third kappa shape index (κ3) is 4.31. The summed E-state index contributed by atoms with van der Waals surface area (Å²) in [5.41, 5.74) is 5.53. The first-order valence-electron chi connectivity index (χ1n) is 6.24. The highest BCUT2D eigenvalue weighted by Gasteiger charge is 2.10. The van der Waals surface area contributed by atoms with Gasteiger partial charge in [-0.05, 0) is 11.8 Å². The summed E-state index contributed by atoms with van der Waals surface area (Å²) >= 11 is 7.03. The Kier molecular flexibility index (Phi) is 5.85.